The SMILES string of the molecule is CC(C)CNCC1(Cc2ccc(Cl)cc2F)CCOC1. The number of halogens is 2. The molecule has 1 fully saturated rings. The van der Waals surface area contributed by atoms with Gasteiger partial charge in [0.05, 0.1) is 6.61 Å². The molecule has 20 heavy (non-hydrogen) atoms. The largest absolute Gasteiger partial charge is 0.381 e. The highest BCUT2D eigenvalue weighted by Gasteiger charge is 2.35. The number of nitrogens with one attached hydrogen (secondary N) is 1. The summed E-state index contributed by atoms with van der Waals surface area (Å²) in [5, 5.41) is 3.94. The summed E-state index contributed by atoms with van der Waals surface area (Å²) in [5.41, 5.74) is 0.732. The normalized spacial score (nSPS) is 22.6. The number of rotatable bonds is 6. The van der Waals surface area contributed by atoms with Crippen molar-refractivity contribution in [2.75, 3.05) is 26.3 Å². The highest BCUT2D eigenvalue weighted by Crippen LogP contribution is 2.33. The molecule has 1 unspecified atom stereocenters. The van der Waals surface area contributed by atoms with Crippen molar-refractivity contribution in [3.05, 3.63) is 34.6 Å². The second kappa shape index (κ2) is 6.88. The van der Waals surface area contributed by atoms with Gasteiger partial charge in [0.1, 0.15) is 5.82 Å². The smallest absolute Gasteiger partial charge is 0.127 e. The first-order valence-corrected chi connectivity index (χ1v) is 7.61. The van der Waals surface area contributed by atoms with Crippen LogP contribution in [-0.4, -0.2) is 26.3 Å². The lowest BCUT2D eigenvalue weighted by Crippen LogP contribution is -2.38. The van der Waals surface area contributed by atoms with E-state index in [1.807, 2.05) is 0 Å². The van der Waals surface area contributed by atoms with Crippen LogP contribution in [0.5, 0.6) is 0 Å². The Morgan fingerprint density at radius 1 is 1.45 bits per heavy atom. The predicted molar refractivity (Wildman–Crippen MR) is 80.7 cm³/mol. The quantitative estimate of drug-likeness (QED) is 0.865. The Morgan fingerprint density at radius 2 is 2.25 bits per heavy atom. The van der Waals surface area contributed by atoms with Gasteiger partial charge < -0.3 is 10.1 Å². The second-order valence-corrected chi connectivity index (χ2v) is 6.68. The molecule has 0 bridgehead atoms. The monoisotopic (exact) mass is 299 g/mol. The van der Waals surface area contributed by atoms with E-state index < -0.39 is 0 Å². The van der Waals surface area contributed by atoms with Crippen LogP contribution in [0.15, 0.2) is 18.2 Å². The third-order valence-corrected chi connectivity index (χ3v) is 4.05. The Balaban J connectivity index is 2.04. The molecule has 1 N–H and O–H groups in total. The second-order valence-electron chi connectivity index (χ2n) is 6.24. The first-order chi connectivity index (χ1) is 9.51. The lowest BCUT2D eigenvalue weighted by atomic mass is 9.80. The van der Waals surface area contributed by atoms with Gasteiger partial charge in [-0.2, -0.15) is 0 Å². The summed E-state index contributed by atoms with van der Waals surface area (Å²) in [6.45, 7) is 7.67. The zero-order chi connectivity index (χ0) is 14.6. The van der Waals surface area contributed by atoms with Crippen molar-refractivity contribution in [2.24, 2.45) is 11.3 Å². The lowest BCUT2D eigenvalue weighted by molar-refractivity contribution is 0.148. The Morgan fingerprint density at radius 3 is 2.85 bits per heavy atom. The van der Waals surface area contributed by atoms with Gasteiger partial charge in [-0.1, -0.05) is 31.5 Å². The van der Waals surface area contributed by atoms with Gasteiger partial charge in [-0.25, -0.2) is 4.39 Å². The summed E-state index contributed by atoms with van der Waals surface area (Å²) >= 11 is 5.81. The minimum absolute atomic E-state index is 0.00353. The van der Waals surface area contributed by atoms with Crippen LogP contribution in [0.4, 0.5) is 4.39 Å². The first kappa shape index (κ1) is 15.7. The van der Waals surface area contributed by atoms with E-state index in [1.165, 1.54) is 6.07 Å². The van der Waals surface area contributed by atoms with Crippen molar-refractivity contribution in [3.8, 4) is 0 Å². The van der Waals surface area contributed by atoms with Crippen LogP contribution in [0, 0.1) is 17.2 Å². The molecule has 1 aromatic rings. The molecule has 0 aliphatic carbocycles. The molecule has 0 amide bonds. The standard InChI is InChI=1S/C16H23ClFNO/c1-12(2)9-19-10-16(5-6-20-11-16)8-13-3-4-14(17)7-15(13)18/h3-4,7,12,19H,5-6,8-11H2,1-2H3. The molecule has 1 aliphatic heterocycles. The van der Waals surface area contributed by atoms with E-state index in [4.69, 9.17) is 16.3 Å². The van der Waals surface area contributed by atoms with Crippen LogP contribution in [0.2, 0.25) is 5.02 Å². The van der Waals surface area contributed by atoms with Gasteiger partial charge >= 0.3 is 0 Å². The fraction of sp³-hybridized carbons (Fsp3) is 0.625. The summed E-state index contributed by atoms with van der Waals surface area (Å²) in [6.07, 6.45) is 1.67. The van der Waals surface area contributed by atoms with Crippen molar-refractivity contribution in [3.63, 3.8) is 0 Å². The molecule has 1 saturated heterocycles. The van der Waals surface area contributed by atoms with Crippen molar-refractivity contribution >= 4 is 11.6 Å². The third kappa shape index (κ3) is 4.18. The van der Waals surface area contributed by atoms with Crippen LogP contribution < -0.4 is 5.32 Å². The van der Waals surface area contributed by atoms with E-state index in [0.29, 0.717) is 24.0 Å². The van der Waals surface area contributed by atoms with E-state index in [2.05, 4.69) is 19.2 Å². The summed E-state index contributed by atoms with van der Waals surface area (Å²) in [7, 11) is 0. The van der Waals surface area contributed by atoms with E-state index in [9.17, 15) is 4.39 Å². The van der Waals surface area contributed by atoms with Gasteiger partial charge in [-0.15, -0.1) is 0 Å². The molecule has 0 radical (unpaired) electrons. The van der Waals surface area contributed by atoms with Gasteiger partial charge in [-0.05, 0) is 43.0 Å². The zero-order valence-electron chi connectivity index (χ0n) is 12.2. The fourth-order valence-corrected chi connectivity index (χ4v) is 2.84. The lowest BCUT2D eigenvalue weighted by Gasteiger charge is -2.28. The summed E-state index contributed by atoms with van der Waals surface area (Å²) in [6, 6.07) is 4.94. The molecule has 1 heterocycles. The maximum Gasteiger partial charge on any atom is 0.127 e. The Kier molecular flexibility index (Phi) is 5.42. The van der Waals surface area contributed by atoms with Gasteiger partial charge in [0.25, 0.3) is 0 Å². The molecule has 2 nitrogen and oxygen atoms in total. The molecule has 4 heteroatoms. The minimum atomic E-state index is -0.215. The van der Waals surface area contributed by atoms with Crippen LogP contribution in [-0.2, 0) is 11.2 Å². The highest BCUT2D eigenvalue weighted by atomic mass is 35.5. The molecular weight excluding hydrogens is 277 g/mol. The maximum absolute atomic E-state index is 14.0. The predicted octanol–water partition coefficient (Wildman–Crippen LogP) is 3.67. The molecule has 1 aliphatic rings. The average molecular weight is 300 g/mol. The van der Waals surface area contributed by atoms with E-state index in [0.717, 1.165) is 31.7 Å². The van der Waals surface area contributed by atoms with Crippen LogP contribution >= 0.6 is 11.6 Å². The highest BCUT2D eigenvalue weighted by molar-refractivity contribution is 6.30. The maximum atomic E-state index is 14.0. The Labute approximate surface area is 125 Å². The number of ether oxygens (including phenoxy) is 1. The molecule has 112 valence electrons. The van der Waals surface area contributed by atoms with Gasteiger partial charge in [0, 0.05) is 23.6 Å². The number of hydrogen-bond acceptors (Lipinski definition) is 2. The topological polar surface area (TPSA) is 21.3 Å². The summed E-state index contributed by atoms with van der Waals surface area (Å²) < 4.78 is 19.5. The van der Waals surface area contributed by atoms with Gasteiger partial charge in [0.15, 0.2) is 0 Å². The molecule has 1 aromatic carbocycles. The van der Waals surface area contributed by atoms with Crippen molar-refractivity contribution in [1.82, 2.24) is 5.32 Å². The molecule has 0 aromatic heterocycles. The van der Waals surface area contributed by atoms with Crippen LogP contribution in [0.1, 0.15) is 25.8 Å². The number of hydrogen-bond donors (Lipinski definition) is 1. The van der Waals surface area contributed by atoms with Crippen LogP contribution in [0.3, 0.4) is 0 Å². The fourth-order valence-electron chi connectivity index (χ4n) is 2.69. The Hall–Kier alpha value is -0.640. The van der Waals surface area contributed by atoms with E-state index >= 15 is 0 Å². The molecule has 0 spiro atoms. The number of benzene rings is 1. The molecule has 1 atom stereocenters. The molecule has 2 rings (SSSR count). The van der Waals surface area contributed by atoms with Gasteiger partial charge in [-0.3, -0.25) is 0 Å². The van der Waals surface area contributed by atoms with E-state index in [-0.39, 0.29) is 11.2 Å². The minimum Gasteiger partial charge on any atom is -0.381 e. The molecular formula is C16H23ClFNO. The summed E-state index contributed by atoms with van der Waals surface area (Å²) in [4.78, 5) is 0. The first-order valence-electron chi connectivity index (χ1n) is 7.23. The third-order valence-electron chi connectivity index (χ3n) is 3.82. The van der Waals surface area contributed by atoms with E-state index in [1.54, 1.807) is 12.1 Å². The zero-order valence-corrected chi connectivity index (χ0v) is 13.0. The summed E-state index contributed by atoms with van der Waals surface area (Å²) in [5.74, 6) is 0.397. The van der Waals surface area contributed by atoms with Gasteiger partial charge in [0.2, 0.25) is 0 Å². The molecule has 0 saturated carbocycles. The van der Waals surface area contributed by atoms with Crippen molar-refractivity contribution in [2.45, 2.75) is 26.7 Å². The average Bonchev–Trinajstić information content (AvgIpc) is 2.81. The van der Waals surface area contributed by atoms with Crippen LogP contribution in [0.25, 0.3) is 0 Å². The van der Waals surface area contributed by atoms with Crippen molar-refractivity contribution in [1.29, 1.82) is 0 Å². The van der Waals surface area contributed by atoms with Crippen molar-refractivity contribution < 1.29 is 9.13 Å². The Bertz CT molecular complexity index is 444.